The van der Waals surface area contributed by atoms with Gasteiger partial charge < -0.3 is 9.64 Å². The van der Waals surface area contributed by atoms with Crippen molar-refractivity contribution in [2.45, 2.75) is 13.3 Å². The fourth-order valence-corrected chi connectivity index (χ4v) is 2.63. The van der Waals surface area contributed by atoms with Crippen LogP contribution in [0.5, 0.6) is 0 Å². The lowest BCUT2D eigenvalue weighted by atomic mass is 10.1. The summed E-state index contributed by atoms with van der Waals surface area (Å²) in [7, 11) is 2.87. The van der Waals surface area contributed by atoms with Gasteiger partial charge in [0, 0.05) is 26.6 Å². The molecule has 2 rings (SSSR count). The van der Waals surface area contributed by atoms with Gasteiger partial charge in [-0.2, -0.15) is 0 Å². The number of carbonyl (C=O) groups excluding carboxylic acids is 4. The number of hydrogen-bond donors (Lipinski definition) is 0. The molecular weight excluding hydrogens is 312 g/mol. The van der Waals surface area contributed by atoms with E-state index in [4.69, 9.17) is 0 Å². The van der Waals surface area contributed by atoms with Gasteiger partial charge in [0.15, 0.2) is 0 Å². The summed E-state index contributed by atoms with van der Waals surface area (Å²) >= 11 is 0. The average Bonchev–Trinajstić information content (AvgIpc) is 2.83. The Balaban J connectivity index is 1.92. The van der Waals surface area contributed by atoms with E-state index in [0.29, 0.717) is 11.1 Å². The van der Waals surface area contributed by atoms with Crippen molar-refractivity contribution in [1.29, 1.82) is 0 Å². The fourth-order valence-electron chi connectivity index (χ4n) is 2.63. The molecule has 0 radical (unpaired) electrons. The van der Waals surface area contributed by atoms with Gasteiger partial charge in [-0.1, -0.05) is 19.1 Å². The lowest BCUT2D eigenvalue weighted by Crippen LogP contribution is -2.38. The molecular formula is C17H20N2O5. The summed E-state index contributed by atoms with van der Waals surface area (Å²) in [6.07, 6.45) is 0.00978. The molecule has 24 heavy (non-hydrogen) atoms. The van der Waals surface area contributed by atoms with E-state index in [9.17, 15) is 19.2 Å². The van der Waals surface area contributed by atoms with Gasteiger partial charge in [-0.15, -0.1) is 0 Å². The molecule has 128 valence electrons. The molecule has 0 spiro atoms. The monoisotopic (exact) mass is 332 g/mol. The van der Waals surface area contributed by atoms with Gasteiger partial charge in [-0.3, -0.25) is 24.1 Å². The second-order valence-electron chi connectivity index (χ2n) is 5.76. The minimum Gasteiger partial charge on any atom is -0.469 e. The molecule has 7 heteroatoms. The maximum absolute atomic E-state index is 12.2. The summed E-state index contributed by atoms with van der Waals surface area (Å²) in [5.41, 5.74) is 0.727. The van der Waals surface area contributed by atoms with E-state index >= 15 is 0 Å². The van der Waals surface area contributed by atoms with Crippen molar-refractivity contribution in [2.75, 3.05) is 27.2 Å². The fraction of sp³-hybridized carbons (Fsp3) is 0.412. The van der Waals surface area contributed by atoms with Gasteiger partial charge in [0.2, 0.25) is 5.91 Å². The Morgan fingerprint density at radius 1 is 1.17 bits per heavy atom. The quantitative estimate of drug-likeness (QED) is 0.572. The van der Waals surface area contributed by atoms with Crippen molar-refractivity contribution < 1.29 is 23.9 Å². The highest BCUT2D eigenvalue weighted by Crippen LogP contribution is 2.22. The number of esters is 1. The molecule has 7 nitrogen and oxygen atoms in total. The summed E-state index contributed by atoms with van der Waals surface area (Å²) in [5.74, 6) is -1.84. The molecule has 1 unspecified atom stereocenters. The van der Waals surface area contributed by atoms with Crippen molar-refractivity contribution in [1.82, 2.24) is 9.80 Å². The van der Waals surface area contributed by atoms with Crippen LogP contribution < -0.4 is 0 Å². The van der Waals surface area contributed by atoms with Crippen LogP contribution in [0.4, 0.5) is 0 Å². The van der Waals surface area contributed by atoms with Crippen LogP contribution in [0, 0.1) is 5.92 Å². The molecule has 3 amide bonds. The van der Waals surface area contributed by atoms with E-state index in [1.54, 1.807) is 38.2 Å². The molecule has 1 atom stereocenters. The molecule has 1 heterocycles. The summed E-state index contributed by atoms with van der Waals surface area (Å²) in [6.45, 7) is 1.90. The van der Waals surface area contributed by atoms with Crippen LogP contribution in [0.15, 0.2) is 24.3 Å². The highest BCUT2D eigenvalue weighted by Gasteiger charge is 2.35. The first-order chi connectivity index (χ1) is 11.4. The van der Waals surface area contributed by atoms with Gasteiger partial charge in [-0.25, -0.2) is 0 Å². The third-order valence-electron chi connectivity index (χ3n) is 4.00. The normalized spacial score (nSPS) is 14.4. The number of fused-ring (bicyclic) bond motifs is 1. The smallest absolute Gasteiger partial charge is 0.310 e. The van der Waals surface area contributed by atoms with Crippen LogP contribution in [0.25, 0.3) is 0 Å². The molecule has 0 fully saturated rings. The topological polar surface area (TPSA) is 84.0 Å². The first kappa shape index (κ1) is 17.7. The second-order valence-corrected chi connectivity index (χ2v) is 5.76. The van der Waals surface area contributed by atoms with Crippen molar-refractivity contribution >= 4 is 23.7 Å². The van der Waals surface area contributed by atoms with E-state index in [-0.39, 0.29) is 37.2 Å². The zero-order valence-electron chi connectivity index (χ0n) is 13.9. The predicted molar refractivity (Wildman–Crippen MR) is 85.2 cm³/mol. The van der Waals surface area contributed by atoms with E-state index in [1.807, 2.05) is 0 Å². The van der Waals surface area contributed by atoms with Crippen LogP contribution in [0.1, 0.15) is 34.1 Å². The van der Waals surface area contributed by atoms with Gasteiger partial charge in [0.05, 0.1) is 24.2 Å². The highest BCUT2D eigenvalue weighted by molar-refractivity contribution is 6.21. The Morgan fingerprint density at radius 2 is 1.71 bits per heavy atom. The highest BCUT2D eigenvalue weighted by atomic mass is 16.5. The Bertz CT molecular complexity index is 650. The second kappa shape index (κ2) is 7.25. The molecule has 1 aromatic carbocycles. The van der Waals surface area contributed by atoms with Crippen LogP contribution in [-0.4, -0.2) is 60.7 Å². The first-order valence-electron chi connectivity index (χ1n) is 7.63. The Labute approximate surface area is 140 Å². The number of ether oxygens (including phenoxy) is 1. The van der Waals surface area contributed by atoms with Crippen molar-refractivity contribution in [3.63, 3.8) is 0 Å². The number of imide groups is 1. The summed E-state index contributed by atoms with van der Waals surface area (Å²) in [4.78, 5) is 50.5. The van der Waals surface area contributed by atoms with E-state index in [0.717, 1.165) is 4.90 Å². The Kier molecular flexibility index (Phi) is 5.33. The summed E-state index contributed by atoms with van der Waals surface area (Å²) < 4.78 is 4.62. The molecule has 1 aliphatic rings. The first-order valence-corrected chi connectivity index (χ1v) is 7.63. The molecule has 0 aromatic heterocycles. The molecule has 1 aliphatic heterocycles. The number of amides is 3. The average molecular weight is 332 g/mol. The number of methoxy groups -OCH3 is 1. The van der Waals surface area contributed by atoms with Crippen molar-refractivity contribution in [2.24, 2.45) is 5.92 Å². The van der Waals surface area contributed by atoms with Crippen LogP contribution in [-0.2, 0) is 14.3 Å². The number of benzene rings is 1. The minimum atomic E-state index is -0.441. The van der Waals surface area contributed by atoms with Crippen LogP contribution in [0.2, 0.25) is 0 Å². The lowest BCUT2D eigenvalue weighted by molar-refractivity contribution is -0.146. The van der Waals surface area contributed by atoms with E-state index in [2.05, 4.69) is 4.74 Å². The number of nitrogens with zero attached hydrogens (tertiary/aromatic N) is 2. The predicted octanol–water partition coefficient (Wildman–Crippen LogP) is 0.940. The number of carbonyl (C=O) groups is 4. The SMILES string of the molecule is COC(=O)C(C)CN(C)C(=O)CCN1C(=O)c2ccccc2C1=O. The van der Waals surface area contributed by atoms with E-state index in [1.165, 1.54) is 12.0 Å². The maximum Gasteiger partial charge on any atom is 0.310 e. The third-order valence-corrected chi connectivity index (χ3v) is 4.00. The van der Waals surface area contributed by atoms with Gasteiger partial charge in [-0.05, 0) is 12.1 Å². The molecule has 0 bridgehead atoms. The largest absolute Gasteiger partial charge is 0.469 e. The minimum absolute atomic E-state index is 0.00978. The standard InChI is InChI=1S/C17H20N2O5/c1-11(17(23)24-3)10-18(2)14(20)8-9-19-15(21)12-6-4-5-7-13(12)16(19)22/h4-7,11H,8-10H2,1-3H3. The summed E-state index contributed by atoms with van der Waals surface area (Å²) in [5, 5.41) is 0. The van der Waals surface area contributed by atoms with Gasteiger partial charge in [0.25, 0.3) is 11.8 Å². The van der Waals surface area contributed by atoms with Crippen LogP contribution >= 0.6 is 0 Å². The number of rotatable bonds is 6. The lowest BCUT2D eigenvalue weighted by Gasteiger charge is -2.21. The maximum atomic E-state index is 12.2. The van der Waals surface area contributed by atoms with Gasteiger partial charge in [0.1, 0.15) is 0 Å². The van der Waals surface area contributed by atoms with Crippen molar-refractivity contribution in [3.8, 4) is 0 Å². The molecule has 0 saturated heterocycles. The van der Waals surface area contributed by atoms with Gasteiger partial charge >= 0.3 is 5.97 Å². The number of hydrogen-bond acceptors (Lipinski definition) is 5. The van der Waals surface area contributed by atoms with E-state index < -0.39 is 11.9 Å². The molecule has 0 aliphatic carbocycles. The zero-order valence-corrected chi connectivity index (χ0v) is 13.9. The molecule has 1 aromatic rings. The molecule has 0 N–H and O–H groups in total. The van der Waals surface area contributed by atoms with Crippen molar-refractivity contribution in [3.05, 3.63) is 35.4 Å². The Morgan fingerprint density at radius 3 is 2.21 bits per heavy atom. The van der Waals surface area contributed by atoms with Crippen LogP contribution in [0.3, 0.4) is 0 Å². The Hall–Kier alpha value is -2.70. The zero-order chi connectivity index (χ0) is 17.9. The molecule has 0 saturated carbocycles. The summed E-state index contributed by atoms with van der Waals surface area (Å²) in [6, 6.07) is 6.59. The third kappa shape index (κ3) is 3.45.